The fourth-order valence-corrected chi connectivity index (χ4v) is 2.26. The van der Waals surface area contributed by atoms with E-state index in [-0.39, 0.29) is 24.7 Å². The van der Waals surface area contributed by atoms with Gasteiger partial charge >= 0.3 is 5.97 Å². The molecular weight excluding hydrogens is 347 g/mol. The highest BCUT2D eigenvalue weighted by Gasteiger charge is 2.11. The third kappa shape index (κ3) is 4.87. The SMILES string of the molecule is O=C(CCc1ccc(F)cc1)OCc1nnc(-c2ccc(Cl)cc2)o1. The minimum Gasteiger partial charge on any atom is -0.456 e. The van der Waals surface area contributed by atoms with Crippen molar-refractivity contribution in [3.05, 3.63) is 70.8 Å². The van der Waals surface area contributed by atoms with Crippen molar-refractivity contribution in [2.75, 3.05) is 0 Å². The first-order valence-electron chi connectivity index (χ1n) is 7.58. The van der Waals surface area contributed by atoms with Crippen molar-refractivity contribution in [2.45, 2.75) is 19.4 Å². The van der Waals surface area contributed by atoms with Crippen LogP contribution in [0.3, 0.4) is 0 Å². The number of halogens is 2. The first-order valence-corrected chi connectivity index (χ1v) is 7.96. The van der Waals surface area contributed by atoms with E-state index in [0.29, 0.717) is 17.3 Å². The first kappa shape index (κ1) is 17.1. The van der Waals surface area contributed by atoms with Crippen molar-refractivity contribution in [1.82, 2.24) is 10.2 Å². The molecule has 0 radical (unpaired) electrons. The summed E-state index contributed by atoms with van der Waals surface area (Å²) in [7, 11) is 0. The molecule has 25 heavy (non-hydrogen) atoms. The Morgan fingerprint density at radius 1 is 1.08 bits per heavy atom. The van der Waals surface area contributed by atoms with E-state index in [9.17, 15) is 9.18 Å². The van der Waals surface area contributed by atoms with Crippen molar-refractivity contribution in [1.29, 1.82) is 0 Å². The molecule has 0 atom stereocenters. The highest BCUT2D eigenvalue weighted by atomic mass is 35.5. The number of rotatable bonds is 6. The second kappa shape index (κ2) is 7.90. The highest BCUT2D eigenvalue weighted by Crippen LogP contribution is 2.20. The smallest absolute Gasteiger partial charge is 0.306 e. The van der Waals surface area contributed by atoms with Crippen LogP contribution >= 0.6 is 11.6 Å². The molecule has 1 aromatic heterocycles. The molecule has 0 saturated carbocycles. The maximum atomic E-state index is 12.8. The van der Waals surface area contributed by atoms with E-state index in [2.05, 4.69) is 10.2 Å². The molecule has 2 aromatic carbocycles. The Hall–Kier alpha value is -2.73. The zero-order valence-electron chi connectivity index (χ0n) is 13.1. The number of ether oxygens (including phenoxy) is 1. The van der Waals surface area contributed by atoms with Gasteiger partial charge in [-0.25, -0.2) is 4.39 Å². The van der Waals surface area contributed by atoms with Crippen LogP contribution in [-0.2, 0) is 22.6 Å². The molecular formula is C18H14ClFN2O3. The largest absolute Gasteiger partial charge is 0.456 e. The van der Waals surface area contributed by atoms with Crippen molar-refractivity contribution in [3.63, 3.8) is 0 Å². The second-order valence-corrected chi connectivity index (χ2v) is 5.73. The number of benzene rings is 2. The predicted molar refractivity (Wildman–Crippen MR) is 89.3 cm³/mol. The lowest BCUT2D eigenvalue weighted by atomic mass is 10.1. The molecule has 3 aromatic rings. The van der Waals surface area contributed by atoms with Crippen molar-refractivity contribution in [3.8, 4) is 11.5 Å². The van der Waals surface area contributed by atoms with Gasteiger partial charge in [0.2, 0.25) is 5.89 Å². The Bertz CT molecular complexity index is 848. The molecule has 1 heterocycles. The van der Waals surface area contributed by atoms with Crippen LogP contribution in [0.2, 0.25) is 5.02 Å². The zero-order valence-corrected chi connectivity index (χ0v) is 13.9. The lowest BCUT2D eigenvalue weighted by Gasteiger charge is -2.02. The van der Waals surface area contributed by atoms with Crippen molar-refractivity contribution in [2.24, 2.45) is 0 Å². The molecule has 0 aliphatic heterocycles. The third-order valence-electron chi connectivity index (χ3n) is 3.45. The number of aryl methyl sites for hydroxylation is 1. The fraction of sp³-hybridized carbons (Fsp3) is 0.167. The predicted octanol–water partition coefficient (Wildman–Crippen LogP) is 4.21. The van der Waals surface area contributed by atoms with Gasteiger partial charge in [-0.1, -0.05) is 23.7 Å². The van der Waals surface area contributed by atoms with Crippen molar-refractivity contribution < 1.29 is 18.3 Å². The summed E-state index contributed by atoms with van der Waals surface area (Å²) in [6.45, 7) is -0.0944. The van der Waals surface area contributed by atoms with Gasteiger partial charge in [0.25, 0.3) is 5.89 Å². The summed E-state index contributed by atoms with van der Waals surface area (Å²) >= 11 is 5.83. The molecule has 128 valence electrons. The van der Waals surface area contributed by atoms with Crippen LogP contribution in [0.1, 0.15) is 17.9 Å². The van der Waals surface area contributed by atoms with E-state index in [1.165, 1.54) is 12.1 Å². The van der Waals surface area contributed by atoms with E-state index in [0.717, 1.165) is 11.1 Å². The molecule has 0 N–H and O–H groups in total. The van der Waals surface area contributed by atoms with E-state index in [1.807, 2.05) is 0 Å². The number of carbonyl (C=O) groups excluding carboxylic acids is 1. The van der Waals surface area contributed by atoms with Gasteiger partial charge < -0.3 is 9.15 Å². The maximum absolute atomic E-state index is 12.8. The minimum absolute atomic E-state index is 0.0944. The summed E-state index contributed by atoms with van der Waals surface area (Å²) in [6.07, 6.45) is 0.656. The van der Waals surface area contributed by atoms with Crippen LogP contribution in [0, 0.1) is 5.82 Å². The van der Waals surface area contributed by atoms with Crippen LogP contribution in [0.5, 0.6) is 0 Å². The van der Waals surface area contributed by atoms with Crippen molar-refractivity contribution >= 4 is 17.6 Å². The number of nitrogens with zero attached hydrogens (tertiary/aromatic N) is 2. The molecule has 0 aliphatic rings. The van der Waals surface area contributed by atoms with Crippen LogP contribution in [0.25, 0.3) is 11.5 Å². The molecule has 7 heteroatoms. The average Bonchev–Trinajstić information content (AvgIpc) is 3.09. The molecule has 5 nitrogen and oxygen atoms in total. The second-order valence-electron chi connectivity index (χ2n) is 5.29. The third-order valence-corrected chi connectivity index (χ3v) is 3.70. The Labute approximate surface area is 148 Å². The molecule has 0 amide bonds. The number of hydrogen-bond donors (Lipinski definition) is 0. The summed E-state index contributed by atoms with van der Waals surface area (Å²) in [5, 5.41) is 8.37. The lowest BCUT2D eigenvalue weighted by molar-refractivity contribution is -0.145. The molecule has 3 rings (SSSR count). The number of esters is 1. The summed E-state index contributed by atoms with van der Waals surface area (Å²) < 4.78 is 23.4. The first-order chi connectivity index (χ1) is 12.1. The van der Waals surface area contributed by atoms with Gasteiger partial charge in [-0.2, -0.15) is 0 Å². The molecule has 0 aliphatic carbocycles. The summed E-state index contributed by atoms with van der Waals surface area (Å²) in [5.41, 5.74) is 1.59. The molecule has 0 bridgehead atoms. The minimum atomic E-state index is -0.393. The highest BCUT2D eigenvalue weighted by molar-refractivity contribution is 6.30. The number of hydrogen-bond acceptors (Lipinski definition) is 5. The lowest BCUT2D eigenvalue weighted by Crippen LogP contribution is -2.06. The van der Waals surface area contributed by atoms with Crippen LogP contribution in [0.15, 0.2) is 52.9 Å². The monoisotopic (exact) mass is 360 g/mol. The Morgan fingerprint density at radius 3 is 2.52 bits per heavy atom. The quantitative estimate of drug-likeness (QED) is 0.616. The van der Waals surface area contributed by atoms with Crippen LogP contribution in [0.4, 0.5) is 4.39 Å². The molecule has 0 unspecified atom stereocenters. The normalized spacial score (nSPS) is 10.6. The Morgan fingerprint density at radius 2 is 1.80 bits per heavy atom. The van der Waals surface area contributed by atoms with E-state index >= 15 is 0 Å². The van der Waals surface area contributed by atoms with E-state index in [1.54, 1.807) is 36.4 Å². The van der Waals surface area contributed by atoms with E-state index in [4.69, 9.17) is 20.8 Å². The van der Waals surface area contributed by atoms with Gasteiger partial charge in [-0.15, -0.1) is 10.2 Å². The molecule has 0 spiro atoms. The van der Waals surface area contributed by atoms with Gasteiger partial charge in [0, 0.05) is 17.0 Å². The molecule has 0 fully saturated rings. The fourth-order valence-electron chi connectivity index (χ4n) is 2.13. The zero-order chi connectivity index (χ0) is 17.6. The van der Waals surface area contributed by atoms with Gasteiger partial charge in [0.1, 0.15) is 5.82 Å². The van der Waals surface area contributed by atoms with Gasteiger partial charge in [0.05, 0.1) is 0 Å². The standard InChI is InChI=1S/C18H14ClFN2O3/c19-14-6-4-13(5-7-14)18-22-21-16(25-18)11-24-17(23)10-3-12-1-8-15(20)9-2-12/h1-2,4-9H,3,10-11H2. The Balaban J connectivity index is 1.49. The number of aromatic nitrogens is 2. The maximum Gasteiger partial charge on any atom is 0.306 e. The van der Waals surface area contributed by atoms with Crippen LogP contribution in [-0.4, -0.2) is 16.2 Å². The summed E-state index contributed by atoms with van der Waals surface area (Å²) in [6, 6.07) is 12.9. The van der Waals surface area contributed by atoms with Gasteiger partial charge in [-0.3, -0.25) is 4.79 Å². The average molecular weight is 361 g/mol. The van der Waals surface area contributed by atoms with Gasteiger partial charge in [-0.05, 0) is 48.4 Å². The molecule has 0 saturated heterocycles. The Kier molecular flexibility index (Phi) is 5.40. The topological polar surface area (TPSA) is 65.2 Å². The van der Waals surface area contributed by atoms with Gasteiger partial charge in [0.15, 0.2) is 6.61 Å². The van der Waals surface area contributed by atoms with Crippen LogP contribution < -0.4 is 0 Å². The summed E-state index contributed by atoms with van der Waals surface area (Å²) in [4.78, 5) is 11.8. The summed E-state index contributed by atoms with van der Waals surface area (Å²) in [5.74, 6) is -0.163. The van der Waals surface area contributed by atoms with E-state index < -0.39 is 5.97 Å². The number of carbonyl (C=O) groups is 1.